The van der Waals surface area contributed by atoms with Crippen LogP contribution in [0.4, 0.5) is 10.5 Å². The van der Waals surface area contributed by atoms with Crippen molar-refractivity contribution in [3.8, 4) is 11.8 Å². The summed E-state index contributed by atoms with van der Waals surface area (Å²) >= 11 is 0. The van der Waals surface area contributed by atoms with E-state index in [4.69, 9.17) is 5.11 Å². The van der Waals surface area contributed by atoms with Gasteiger partial charge in [0, 0.05) is 24.7 Å². The van der Waals surface area contributed by atoms with Crippen LogP contribution in [0.3, 0.4) is 0 Å². The first-order valence-electron chi connectivity index (χ1n) is 5.36. The Morgan fingerprint density at radius 2 is 2.24 bits per heavy atom. The lowest BCUT2D eigenvalue weighted by Crippen LogP contribution is -2.24. The Kier molecular flexibility index (Phi) is 5.05. The molecule has 1 aromatic rings. The predicted molar refractivity (Wildman–Crippen MR) is 67.8 cm³/mol. The van der Waals surface area contributed by atoms with E-state index in [-0.39, 0.29) is 12.6 Å². The summed E-state index contributed by atoms with van der Waals surface area (Å²) in [6.45, 7) is 2.01. The summed E-state index contributed by atoms with van der Waals surface area (Å²) in [7, 11) is 1.56. The highest BCUT2D eigenvalue weighted by atomic mass is 16.2. The Labute approximate surface area is 101 Å². The highest BCUT2D eigenvalue weighted by Gasteiger charge is 2.01. The van der Waals surface area contributed by atoms with Crippen LogP contribution in [0.2, 0.25) is 0 Å². The van der Waals surface area contributed by atoms with E-state index >= 15 is 0 Å². The molecule has 0 saturated carbocycles. The normalized spacial score (nSPS) is 9.12. The topological polar surface area (TPSA) is 61.4 Å². The number of aryl methyl sites for hydroxylation is 1. The Morgan fingerprint density at radius 3 is 2.88 bits per heavy atom. The molecule has 4 heteroatoms. The molecule has 0 spiro atoms. The Hall–Kier alpha value is -1.99. The van der Waals surface area contributed by atoms with Gasteiger partial charge in [-0.2, -0.15) is 0 Å². The second-order valence-electron chi connectivity index (χ2n) is 3.51. The molecule has 0 bridgehead atoms. The van der Waals surface area contributed by atoms with E-state index in [0.717, 1.165) is 11.1 Å². The molecule has 0 aliphatic carbocycles. The van der Waals surface area contributed by atoms with Crippen LogP contribution in [-0.4, -0.2) is 24.8 Å². The van der Waals surface area contributed by atoms with Gasteiger partial charge in [-0.15, -0.1) is 0 Å². The van der Waals surface area contributed by atoms with Crippen molar-refractivity contribution in [1.29, 1.82) is 0 Å². The molecule has 4 nitrogen and oxygen atoms in total. The van der Waals surface area contributed by atoms with Crippen molar-refractivity contribution in [2.24, 2.45) is 0 Å². The number of aliphatic hydroxyl groups is 1. The first-order valence-corrected chi connectivity index (χ1v) is 5.36. The first-order chi connectivity index (χ1) is 8.17. The van der Waals surface area contributed by atoms with Crippen molar-refractivity contribution in [1.82, 2.24) is 5.32 Å². The molecular formula is C13H16N2O2. The number of carbonyl (C=O) groups excluding carboxylic acids is 1. The second kappa shape index (κ2) is 6.56. The molecule has 3 N–H and O–H groups in total. The molecule has 0 saturated heterocycles. The Morgan fingerprint density at radius 1 is 1.47 bits per heavy atom. The zero-order valence-corrected chi connectivity index (χ0v) is 10.0. The van der Waals surface area contributed by atoms with Gasteiger partial charge in [-0.25, -0.2) is 4.79 Å². The van der Waals surface area contributed by atoms with E-state index in [2.05, 4.69) is 22.5 Å². The molecular weight excluding hydrogens is 216 g/mol. The zero-order chi connectivity index (χ0) is 12.7. The van der Waals surface area contributed by atoms with Crippen LogP contribution < -0.4 is 10.6 Å². The molecule has 17 heavy (non-hydrogen) atoms. The van der Waals surface area contributed by atoms with Gasteiger partial charge in [-0.1, -0.05) is 17.9 Å². The van der Waals surface area contributed by atoms with E-state index < -0.39 is 0 Å². The van der Waals surface area contributed by atoms with E-state index in [1.54, 1.807) is 7.05 Å². The molecule has 0 aromatic heterocycles. The smallest absolute Gasteiger partial charge is 0.318 e. The predicted octanol–water partition coefficient (Wildman–Crippen LogP) is 1.48. The molecule has 1 rings (SSSR count). The van der Waals surface area contributed by atoms with Crippen LogP contribution in [0.1, 0.15) is 17.5 Å². The van der Waals surface area contributed by atoms with Gasteiger partial charge in [0.15, 0.2) is 0 Å². The Bertz CT molecular complexity index is 458. The summed E-state index contributed by atoms with van der Waals surface area (Å²) in [4.78, 5) is 11.1. The van der Waals surface area contributed by atoms with Gasteiger partial charge in [0.05, 0.1) is 6.61 Å². The average molecular weight is 232 g/mol. The number of hydrogen-bond acceptors (Lipinski definition) is 2. The van der Waals surface area contributed by atoms with Crippen LogP contribution >= 0.6 is 0 Å². The largest absolute Gasteiger partial charge is 0.395 e. The fourth-order valence-corrected chi connectivity index (χ4v) is 1.24. The first kappa shape index (κ1) is 13.1. The van der Waals surface area contributed by atoms with Gasteiger partial charge in [0.2, 0.25) is 0 Å². The minimum atomic E-state index is -0.261. The average Bonchev–Trinajstić information content (AvgIpc) is 2.33. The van der Waals surface area contributed by atoms with Crippen molar-refractivity contribution in [3.05, 3.63) is 29.3 Å². The maximum atomic E-state index is 11.1. The standard InChI is InChI=1S/C13H16N2O2/c1-10-6-7-12(15-13(17)14-2)9-11(10)5-3-4-8-16/h6-7,9,16H,4,8H2,1-2H3,(H2,14,15,17). The lowest BCUT2D eigenvalue weighted by atomic mass is 10.1. The van der Waals surface area contributed by atoms with E-state index in [9.17, 15) is 4.79 Å². The number of urea groups is 1. The van der Waals surface area contributed by atoms with Crippen LogP contribution in [-0.2, 0) is 0 Å². The second-order valence-corrected chi connectivity index (χ2v) is 3.51. The van der Waals surface area contributed by atoms with E-state index in [1.165, 1.54) is 0 Å². The lowest BCUT2D eigenvalue weighted by Gasteiger charge is -2.06. The highest BCUT2D eigenvalue weighted by Crippen LogP contribution is 2.14. The highest BCUT2D eigenvalue weighted by molar-refractivity contribution is 5.89. The molecule has 0 unspecified atom stereocenters. The third-order valence-corrected chi connectivity index (χ3v) is 2.18. The van der Waals surface area contributed by atoms with Gasteiger partial charge in [0.25, 0.3) is 0 Å². The number of rotatable bonds is 2. The van der Waals surface area contributed by atoms with Crippen molar-refractivity contribution >= 4 is 11.7 Å². The van der Waals surface area contributed by atoms with Crippen molar-refractivity contribution in [2.45, 2.75) is 13.3 Å². The van der Waals surface area contributed by atoms with E-state index in [0.29, 0.717) is 12.1 Å². The number of benzene rings is 1. The SMILES string of the molecule is CNC(=O)Nc1ccc(C)c(C#CCCO)c1. The third kappa shape index (κ3) is 4.17. The van der Waals surface area contributed by atoms with Crippen LogP contribution in [0.15, 0.2) is 18.2 Å². The molecule has 0 heterocycles. The summed E-state index contributed by atoms with van der Waals surface area (Å²) in [5.41, 5.74) is 2.59. The number of carbonyl (C=O) groups is 1. The van der Waals surface area contributed by atoms with Gasteiger partial charge >= 0.3 is 6.03 Å². The molecule has 0 atom stereocenters. The number of nitrogens with one attached hydrogen (secondary N) is 2. The zero-order valence-electron chi connectivity index (χ0n) is 10.0. The molecule has 90 valence electrons. The number of hydrogen-bond donors (Lipinski definition) is 3. The van der Waals surface area contributed by atoms with Gasteiger partial charge < -0.3 is 15.7 Å². The van der Waals surface area contributed by atoms with Gasteiger partial charge in [-0.3, -0.25) is 0 Å². The molecule has 1 aromatic carbocycles. The van der Waals surface area contributed by atoms with Crippen molar-refractivity contribution in [2.75, 3.05) is 19.0 Å². The minimum absolute atomic E-state index is 0.0578. The maximum absolute atomic E-state index is 11.1. The number of aliphatic hydroxyl groups excluding tert-OH is 1. The molecule has 0 radical (unpaired) electrons. The van der Waals surface area contributed by atoms with Crippen LogP contribution in [0.5, 0.6) is 0 Å². The van der Waals surface area contributed by atoms with Crippen molar-refractivity contribution in [3.63, 3.8) is 0 Å². The minimum Gasteiger partial charge on any atom is -0.395 e. The molecule has 0 aliphatic heterocycles. The fraction of sp³-hybridized carbons (Fsp3) is 0.308. The van der Waals surface area contributed by atoms with Crippen molar-refractivity contribution < 1.29 is 9.90 Å². The Balaban J connectivity index is 2.87. The van der Waals surface area contributed by atoms with Crippen LogP contribution in [0, 0.1) is 18.8 Å². The molecule has 2 amide bonds. The fourth-order valence-electron chi connectivity index (χ4n) is 1.24. The summed E-state index contributed by atoms with van der Waals surface area (Å²) in [5.74, 6) is 5.82. The lowest BCUT2D eigenvalue weighted by molar-refractivity contribution is 0.254. The third-order valence-electron chi connectivity index (χ3n) is 2.18. The summed E-state index contributed by atoms with van der Waals surface area (Å²) in [6.07, 6.45) is 0.451. The monoisotopic (exact) mass is 232 g/mol. The summed E-state index contributed by atoms with van der Waals surface area (Å²) < 4.78 is 0. The molecule has 0 fully saturated rings. The number of amides is 2. The summed E-state index contributed by atoms with van der Waals surface area (Å²) in [6, 6.07) is 5.27. The van der Waals surface area contributed by atoms with Crippen LogP contribution in [0.25, 0.3) is 0 Å². The quantitative estimate of drug-likeness (QED) is 0.676. The van der Waals surface area contributed by atoms with E-state index in [1.807, 2.05) is 25.1 Å². The molecule has 0 aliphatic rings. The number of anilines is 1. The van der Waals surface area contributed by atoms with Gasteiger partial charge in [0.1, 0.15) is 0 Å². The summed E-state index contributed by atoms with van der Waals surface area (Å²) in [5, 5.41) is 13.8. The van der Waals surface area contributed by atoms with Gasteiger partial charge in [-0.05, 0) is 24.6 Å². The maximum Gasteiger partial charge on any atom is 0.318 e.